The Labute approximate surface area is 173 Å². The Morgan fingerprint density at radius 2 is 2.03 bits per heavy atom. The number of amides is 3. The molecule has 2 heterocycles. The summed E-state index contributed by atoms with van der Waals surface area (Å²) in [5.74, 6) is -2.95. The maximum absolute atomic E-state index is 12.8. The van der Waals surface area contributed by atoms with E-state index in [1.807, 2.05) is 0 Å². The van der Waals surface area contributed by atoms with Gasteiger partial charge in [0.25, 0.3) is 0 Å². The van der Waals surface area contributed by atoms with Gasteiger partial charge < -0.3 is 36.5 Å². The lowest BCUT2D eigenvalue weighted by atomic mass is 10.1. The zero-order chi connectivity index (χ0) is 22.4. The number of nitrogens with two attached hydrogens (primary N) is 1. The molecule has 0 saturated carbocycles. The molecular formula is C18H28N6O6. The van der Waals surface area contributed by atoms with Crippen LogP contribution in [0.2, 0.25) is 0 Å². The van der Waals surface area contributed by atoms with E-state index in [1.54, 1.807) is 0 Å². The lowest BCUT2D eigenvalue weighted by molar-refractivity contribution is -0.144. The topological polar surface area (TPSA) is 191 Å². The molecule has 1 fully saturated rings. The van der Waals surface area contributed by atoms with E-state index < -0.39 is 54.0 Å². The van der Waals surface area contributed by atoms with E-state index in [9.17, 15) is 29.4 Å². The van der Waals surface area contributed by atoms with Crippen LogP contribution in [0.5, 0.6) is 0 Å². The highest BCUT2D eigenvalue weighted by atomic mass is 16.4. The minimum Gasteiger partial charge on any atom is -0.480 e. The van der Waals surface area contributed by atoms with Crippen LogP contribution in [-0.4, -0.2) is 85.6 Å². The molecule has 2 rings (SSSR count). The van der Waals surface area contributed by atoms with Crippen molar-refractivity contribution in [3.8, 4) is 0 Å². The SMILES string of the molecule is CC(NC(=O)C(N)C(C)O)C(=O)N1CCCC1C(=O)NC(Cc1cnc[nH]1)C(=O)O. The van der Waals surface area contributed by atoms with E-state index in [1.165, 1.54) is 31.3 Å². The summed E-state index contributed by atoms with van der Waals surface area (Å²) in [6.45, 7) is 3.12. The van der Waals surface area contributed by atoms with E-state index in [-0.39, 0.29) is 6.42 Å². The normalized spacial score (nSPS) is 20.1. The van der Waals surface area contributed by atoms with Crippen molar-refractivity contribution in [2.24, 2.45) is 5.73 Å². The number of hydrogen-bond donors (Lipinski definition) is 6. The van der Waals surface area contributed by atoms with Gasteiger partial charge in [-0.3, -0.25) is 14.4 Å². The Bertz CT molecular complexity index is 767. The summed E-state index contributed by atoms with van der Waals surface area (Å²) in [5, 5.41) is 23.7. The van der Waals surface area contributed by atoms with E-state index in [2.05, 4.69) is 20.6 Å². The molecule has 12 heteroatoms. The minimum absolute atomic E-state index is 0.0193. The third-order valence-electron chi connectivity index (χ3n) is 4.98. The van der Waals surface area contributed by atoms with Crippen LogP contribution in [0.25, 0.3) is 0 Å². The van der Waals surface area contributed by atoms with E-state index in [0.29, 0.717) is 25.1 Å². The molecule has 1 aliphatic rings. The van der Waals surface area contributed by atoms with Crippen LogP contribution in [0.15, 0.2) is 12.5 Å². The molecule has 0 radical (unpaired) electrons. The molecule has 0 spiro atoms. The molecule has 0 aliphatic carbocycles. The molecule has 3 amide bonds. The fraction of sp³-hybridized carbons (Fsp3) is 0.611. The first-order valence-electron chi connectivity index (χ1n) is 9.66. The summed E-state index contributed by atoms with van der Waals surface area (Å²) in [5.41, 5.74) is 6.11. The number of aromatic amines is 1. The van der Waals surface area contributed by atoms with Crippen molar-refractivity contribution < 1.29 is 29.4 Å². The number of carboxylic acid groups (broad SMARTS) is 1. The van der Waals surface area contributed by atoms with Crippen LogP contribution in [0, 0.1) is 0 Å². The number of nitrogens with one attached hydrogen (secondary N) is 3. The maximum atomic E-state index is 12.8. The zero-order valence-corrected chi connectivity index (χ0v) is 16.9. The van der Waals surface area contributed by atoms with Gasteiger partial charge in [-0.15, -0.1) is 0 Å². The molecule has 5 atom stereocenters. The first kappa shape index (κ1) is 23.3. The zero-order valence-electron chi connectivity index (χ0n) is 16.9. The Morgan fingerprint density at radius 3 is 2.60 bits per heavy atom. The Kier molecular flexibility index (Phi) is 7.89. The molecule has 1 aromatic heterocycles. The Balaban J connectivity index is 2.00. The molecule has 1 saturated heterocycles. The summed E-state index contributed by atoms with van der Waals surface area (Å²) in [6.07, 6.45) is 2.76. The van der Waals surface area contributed by atoms with Crippen LogP contribution in [0.3, 0.4) is 0 Å². The fourth-order valence-electron chi connectivity index (χ4n) is 3.23. The third kappa shape index (κ3) is 5.76. The summed E-state index contributed by atoms with van der Waals surface area (Å²) in [4.78, 5) is 56.9. The van der Waals surface area contributed by atoms with Crippen LogP contribution < -0.4 is 16.4 Å². The predicted molar refractivity (Wildman–Crippen MR) is 104 cm³/mol. The molecule has 0 aromatic carbocycles. The largest absolute Gasteiger partial charge is 0.480 e. The second-order valence-electron chi connectivity index (χ2n) is 7.37. The monoisotopic (exact) mass is 424 g/mol. The van der Waals surface area contributed by atoms with Crippen molar-refractivity contribution in [1.82, 2.24) is 25.5 Å². The molecule has 5 unspecified atom stereocenters. The van der Waals surface area contributed by atoms with Crippen molar-refractivity contribution in [3.63, 3.8) is 0 Å². The average molecular weight is 424 g/mol. The summed E-state index contributed by atoms with van der Waals surface area (Å²) >= 11 is 0. The highest BCUT2D eigenvalue weighted by Crippen LogP contribution is 2.19. The predicted octanol–water partition coefficient (Wildman–Crippen LogP) is -2.27. The maximum Gasteiger partial charge on any atom is 0.326 e. The number of aliphatic hydroxyl groups is 1. The van der Waals surface area contributed by atoms with Gasteiger partial charge in [-0.25, -0.2) is 9.78 Å². The van der Waals surface area contributed by atoms with Gasteiger partial charge in [0.2, 0.25) is 17.7 Å². The average Bonchev–Trinajstić information content (AvgIpc) is 3.37. The molecule has 1 aliphatic heterocycles. The van der Waals surface area contributed by atoms with E-state index in [4.69, 9.17) is 5.73 Å². The van der Waals surface area contributed by atoms with Crippen LogP contribution in [-0.2, 0) is 25.6 Å². The van der Waals surface area contributed by atoms with Crippen molar-refractivity contribution in [2.45, 2.75) is 63.4 Å². The summed E-state index contributed by atoms with van der Waals surface area (Å²) in [7, 11) is 0. The van der Waals surface area contributed by atoms with Gasteiger partial charge in [0, 0.05) is 24.9 Å². The number of nitrogens with zero attached hydrogens (tertiary/aromatic N) is 2. The smallest absolute Gasteiger partial charge is 0.326 e. The van der Waals surface area contributed by atoms with Gasteiger partial charge in [-0.1, -0.05) is 0 Å². The van der Waals surface area contributed by atoms with Crippen LogP contribution in [0.4, 0.5) is 0 Å². The summed E-state index contributed by atoms with van der Waals surface area (Å²) in [6, 6.07) is -4.17. The Morgan fingerprint density at radius 1 is 1.33 bits per heavy atom. The highest BCUT2D eigenvalue weighted by molar-refractivity contribution is 5.94. The molecule has 166 valence electrons. The number of aliphatic hydroxyl groups excluding tert-OH is 1. The number of carboxylic acids is 1. The molecule has 1 aromatic rings. The number of aliphatic carboxylic acids is 1. The van der Waals surface area contributed by atoms with Gasteiger partial charge in [0.1, 0.15) is 24.2 Å². The number of rotatable bonds is 9. The van der Waals surface area contributed by atoms with Gasteiger partial charge >= 0.3 is 5.97 Å². The number of H-pyrrole nitrogens is 1. The fourth-order valence-corrected chi connectivity index (χ4v) is 3.23. The number of carbonyl (C=O) groups is 4. The van der Waals surface area contributed by atoms with Gasteiger partial charge in [-0.2, -0.15) is 0 Å². The van der Waals surface area contributed by atoms with Gasteiger partial charge in [-0.05, 0) is 26.7 Å². The van der Waals surface area contributed by atoms with Gasteiger partial charge in [0.15, 0.2) is 0 Å². The first-order chi connectivity index (χ1) is 14.1. The molecule has 30 heavy (non-hydrogen) atoms. The second kappa shape index (κ2) is 10.2. The van der Waals surface area contributed by atoms with Crippen molar-refractivity contribution in [3.05, 3.63) is 18.2 Å². The van der Waals surface area contributed by atoms with Crippen molar-refractivity contribution in [2.75, 3.05) is 6.54 Å². The number of imidazole rings is 1. The number of hydrogen-bond acceptors (Lipinski definition) is 7. The van der Waals surface area contributed by atoms with Crippen LogP contribution in [0.1, 0.15) is 32.4 Å². The lowest BCUT2D eigenvalue weighted by Gasteiger charge is -2.28. The second-order valence-corrected chi connectivity index (χ2v) is 7.37. The van der Waals surface area contributed by atoms with Crippen molar-refractivity contribution >= 4 is 23.7 Å². The third-order valence-corrected chi connectivity index (χ3v) is 4.98. The molecule has 12 nitrogen and oxygen atoms in total. The molecule has 0 bridgehead atoms. The molecule has 7 N–H and O–H groups in total. The van der Waals surface area contributed by atoms with Crippen LogP contribution >= 0.6 is 0 Å². The van der Waals surface area contributed by atoms with Crippen molar-refractivity contribution in [1.29, 1.82) is 0 Å². The summed E-state index contributed by atoms with van der Waals surface area (Å²) < 4.78 is 0. The standard InChI is InChI=1S/C18H28N6O6/c1-9(22-16(27)14(19)10(2)25)17(28)24-5-3-4-13(24)15(26)23-12(18(29)30)6-11-7-20-8-21-11/h7-10,12-14,25H,3-6,19H2,1-2H3,(H,20,21)(H,22,27)(H,23,26)(H,29,30). The van der Waals surface area contributed by atoms with E-state index in [0.717, 1.165) is 0 Å². The minimum atomic E-state index is -1.21. The Hall–Kier alpha value is -2.99. The first-order valence-corrected chi connectivity index (χ1v) is 9.66. The number of likely N-dealkylation sites (tertiary alicyclic amines) is 1. The lowest BCUT2D eigenvalue weighted by Crippen LogP contribution is -2.57. The number of aromatic nitrogens is 2. The molecular weight excluding hydrogens is 396 g/mol. The quantitative estimate of drug-likeness (QED) is 0.255. The van der Waals surface area contributed by atoms with E-state index >= 15 is 0 Å². The number of carbonyl (C=O) groups excluding carboxylic acids is 3. The van der Waals surface area contributed by atoms with Gasteiger partial charge in [0.05, 0.1) is 12.4 Å². The highest BCUT2D eigenvalue weighted by Gasteiger charge is 2.38.